The smallest absolute Gasteiger partial charge is 0.410 e. The molecule has 6 rings (SSSR count). The summed E-state index contributed by atoms with van der Waals surface area (Å²) in [5, 5.41) is 18.6. The zero-order chi connectivity index (χ0) is 29.6. The van der Waals surface area contributed by atoms with Crippen LogP contribution in [0.4, 0.5) is 9.59 Å². The Labute approximate surface area is 245 Å². The first kappa shape index (κ1) is 29.4. The lowest BCUT2D eigenvalue weighted by molar-refractivity contribution is -0.146. The zero-order valence-electron chi connectivity index (χ0n) is 23.5. The monoisotopic (exact) mass is 578 g/mol. The number of benzene rings is 2. The maximum Gasteiger partial charge on any atom is 0.410 e. The Balaban J connectivity index is 0.000000168. The van der Waals surface area contributed by atoms with Crippen LogP contribution >= 0.6 is 0 Å². The highest BCUT2D eigenvalue weighted by Gasteiger charge is 2.49. The summed E-state index contributed by atoms with van der Waals surface area (Å²) in [5.41, 5.74) is 1.87. The highest BCUT2D eigenvalue weighted by molar-refractivity contribution is 5.75. The molecular formula is C32H38N2O8. The molecule has 224 valence electrons. The molecule has 4 aliphatic rings. The van der Waals surface area contributed by atoms with E-state index in [4.69, 9.17) is 9.47 Å². The van der Waals surface area contributed by atoms with Crippen LogP contribution in [-0.2, 0) is 32.3 Å². The van der Waals surface area contributed by atoms with Gasteiger partial charge in [0.2, 0.25) is 0 Å². The van der Waals surface area contributed by atoms with Gasteiger partial charge in [0.1, 0.15) is 13.2 Å². The first-order valence-corrected chi connectivity index (χ1v) is 14.8. The fourth-order valence-electron chi connectivity index (χ4n) is 7.04. The van der Waals surface area contributed by atoms with Crippen LogP contribution in [0.25, 0.3) is 0 Å². The van der Waals surface area contributed by atoms with Crippen LogP contribution < -0.4 is 0 Å². The van der Waals surface area contributed by atoms with Gasteiger partial charge >= 0.3 is 24.1 Å². The summed E-state index contributed by atoms with van der Waals surface area (Å²) < 4.78 is 10.7. The molecule has 0 spiro atoms. The molecule has 4 aliphatic heterocycles. The largest absolute Gasteiger partial charge is 0.481 e. The van der Waals surface area contributed by atoms with Crippen LogP contribution in [0.5, 0.6) is 0 Å². The normalized spacial score (nSPS) is 27.4. The van der Waals surface area contributed by atoms with E-state index in [0.29, 0.717) is 12.8 Å². The van der Waals surface area contributed by atoms with E-state index in [-0.39, 0.29) is 49.6 Å². The van der Waals surface area contributed by atoms with Crippen LogP contribution in [-0.4, -0.2) is 68.3 Å². The van der Waals surface area contributed by atoms with E-state index in [1.54, 1.807) is 9.80 Å². The number of amides is 2. The molecule has 0 aliphatic carbocycles. The molecular weight excluding hydrogens is 540 g/mol. The molecule has 10 nitrogen and oxygen atoms in total. The van der Waals surface area contributed by atoms with Gasteiger partial charge in [0.25, 0.3) is 0 Å². The van der Waals surface area contributed by atoms with Gasteiger partial charge in [0, 0.05) is 24.2 Å². The van der Waals surface area contributed by atoms with E-state index < -0.39 is 23.8 Å². The summed E-state index contributed by atoms with van der Waals surface area (Å²) in [7, 11) is 0. The zero-order valence-corrected chi connectivity index (χ0v) is 23.5. The fourth-order valence-corrected chi connectivity index (χ4v) is 7.04. The van der Waals surface area contributed by atoms with Crippen molar-refractivity contribution in [1.29, 1.82) is 0 Å². The van der Waals surface area contributed by atoms with Gasteiger partial charge in [-0.2, -0.15) is 0 Å². The number of carbonyl (C=O) groups excluding carboxylic acids is 2. The Morgan fingerprint density at radius 3 is 1.29 bits per heavy atom. The van der Waals surface area contributed by atoms with Gasteiger partial charge in [0.15, 0.2) is 0 Å². The number of ether oxygens (including phenoxy) is 2. The number of hydrogen-bond donors (Lipinski definition) is 2. The number of carboxylic acid groups (broad SMARTS) is 2. The Morgan fingerprint density at radius 2 is 0.929 bits per heavy atom. The van der Waals surface area contributed by atoms with E-state index in [0.717, 1.165) is 49.7 Å². The van der Waals surface area contributed by atoms with Crippen LogP contribution in [0.1, 0.15) is 62.5 Å². The maximum absolute atomic E-state index is 12.3. The second kappa shape index (κ2) is 13.3. The van der Waals surface area contributed by atoms with Crippen molar-refractivity contribution in [1.82, 2.24) is 9.80 Å². The Morgan fingerprint density at radius 1 is 0.571 bits per heavy atom. The quantitative estimate of drug-likeness (QED) is 0.472. The minimum atomic E-state index is -0.804. The molecule has 2 aromatic rings. The molecule has 6 atom stereocenters. The van der Waals surface area contributed by atoms with Crippen molar-refractivity contribution in [3.63, 3.8) is 0 Å². The summed E-state index contributed by atoms with van der Waals surface area (Å²) >= 11 is 0. The molecule has 10 heteroatoms. The molecule has 2 N–H and O–H groups in total. The van der Waals surface area contributed by atoms with Crippen molar-refractivity contribution >= 4 is 24.1 Å². The third-order valence-electron chi connectivity index (χ3n) is 9.11. The van der Waals surface area contributed by atoms with Crippen LogP contribution in [0, 0.1) is 11.8 Å². The van der Waals surface area contributed by atoms with E-state index in [1.165, 1.54) is 0 Å². The van der Waals surface area contributed by atoms with Gasteiger partial charge in [-0.05, 0) is 62.5 Å². The van der Waals surface area contributed by atoms with Gasteiger partial charge in [-0.3, -0.25) is 9.59 Å². The van der Waals surface area contributed by atoms with Crippen molar-refractivity contribution in [2.24, 2.45) is 11.8 Å². The Bertz CT molecular complexity index is 1160. The molecule has 4 fully saturated rings. The molecule has 4 bridgehead atoms. The minimum Gasteiger partial charge on any atom is -0.481 e. The summed E-state index contributed by atoms with van der Waals surface area (Å²) in [6.07, 6.45) is 5.38. The SMILES string of the molecule is O=C(O)[C@@H]1CC[C@H]2CC[C@@H]1N2C(=O)OCc1ccccc1.O=C(O)[C@H]1CC[C@@H]2CC[C@H]1N2C(=O)OCc1ccccc1. The van der Waals surface area contributed by atoms with Gasteiger partial charge in [-0.15, -0.1) is 0 Å². The second-order valence-electron chi connectivity index (χ2n) is 11.5. The lowest BCUT2D eigenvalue weighted by Gasteiger charge is -2.37. The highest BCUT2D eigenvalue weighted by atomic mass is 16.6. The number of aliphatic carboxylic acids is 2. The predicted octanol–water partition coefficient (Wildman–Crippen LogP) is 5.30. The average molecular weight is 579 g/mol. The first-order chi connectivity index (χ1) is 20.3. The topological polar surface area (TPSA) is 134 Å². The number of piperidine rings is 2. The van der Waals surface area contributed by atoms with Crippen molar-refractivity contribution in [2.45, 2.75) is 88.7 Å². The van der Waals surface area contributed by atoms with Crippen LogP contribution in [0.2, 0.25) is 0 Å². The summed E-state index contributed by atoms with van der Waals surface area (Å²) in [5.74, 6) is -2.51. The molecule has 0 radical (unpaired) electrons. The predicted molar refractivity (Wildman–Crippen MR) is 151 cm³/mol. The molecule has 4 saturated heterocycles. The van der Waals surface area contributed by atoms with Gasteiger partial charge in [0.05, 0.1) is 11.8 Å². The van der Waals surface area contributed by atoms with Crippen LogP contribution in [0.15, 0.2) is 60.7 Å². The Kier molecular flexibility index (Phi) is 9.29. The molecule has 4 heterocycles. The fraction of sp³-hybridized carbons (Fsp3) is 0.500. The number of carbonyl (C=O) groups is 4. The third-order valence-corrected chi connectivity index (χ3v) is 9.11. The van der Waals surface area contributed by atoms with Gasteiger partial charge in [-0.1, -0.05) is 60.7 Å². The molecule has 2 aromatic carbocycles. The number of carboxylic acids is 2. The molecule has 42 heavy (non-hydrogen) atoms. The number of nitrogens with zero attached hydrogens (tertiary/aromatic N) is 2. The minimum absolute atomic E-state index is 0.147. The number of fused-ring (bicyclic) bond motifs is 4. The highest BCUT2D eigenvalue weighted by Crippen LogP contribution is 2.41. The van der Waals surface area contributed by atoms with E-state index in [2.05, 4.69) is 0 Å². The third kappa shape index (κ3) is 6.53. The lowest BCUT2D eigenvalue weighted by atomic mass is 9.91. The van der Waals surface area contributed by atoms with Crippen molar-refractivity contribution < 1.29 is 38.9 Å². The molecule has 0 aromatic heterocycles. The second-order valence-corrected chi connectivity index (χ2v) is 11.5. The van der Waals surface area contributed by atoms with E-state index in [1.807, 2.05) is 60.7 Å². The standard InChI is InChI=1S/2C16H19NO4/c2*18-15(19)13-8-6-12-7-9-14(13)17(12)16(20)21-10-11-4-2-1-3-5-11/h2*1-5,12-14H,6-10H2,(H,18,19)/t2*12-,13+,14-/m10/s1. The van der Waals surface area contributed by atoms with Crippen molar-refractivity contribution in [3.05, 3.63) is 71.8 Å². The molecule has 2 amide bonds. The van der Waals surface area contributed by atoms with E-state index in [9.17, 15) is 29.4 Å². The average Bonchev–Trinajstić information content (AvgIpc) is 3.46. The Hall–Kier alpha value is -4.08. The van der Waals surface area contributed by atoms with E-state index >= 15 is 0 Å². The lowest BCUT2D eigenvalue weighted by Crippen LogP contribution is -2.50. The maximum atomic E-state index is 12.3. The first-order valence-electron chi connectivity index (χ1n) is 14.8. The van der Waals surface area contributed by atoms with Crippen LogP contribution in [0.3, 0.4) is 0 Å². The summed E-state index contributed by atoms with van der Waals surface area (Å²) in [6.45, 7) is 0.459. The van der Waals surface area contributed by atoms with Gasteiger partial charge < -0.3 is 29.5 Å². The summed E-state index contributed by atoms with van der Waals surface area (Å²) in [4.78, 5) is 50.6. The van der Waals surface area contributed by atoms with Crippen molar-refractivity contribution in [2.75, 3.05) is 0 Å². The van der Waals surface area contributed by atoms with Gasteiger partial charge in [-0.25, -0.2) is 9.59 Å². The number of rotatable bonds is 6. The molecule has 0 saturated carbocycles. The summed E-state index contributed by atoms with van der Waals surface area (Å²) in [6, 6.07) is 18.9. The number of hydrogen-bond acceptors (Lipinski definition) is 6. The van der Waals surface area contributed by atoms with Crippen molar-refractivity contribution in [3.8, 4) is 0 Å². The molecule has 0 unspecified atom stereocenters.